The summed E-state index contributed by atoms with van der Waals surface area (Å²) in [5.74, 6) is -0.0253. The van der Waals surface area contributed by atoms with Gasteiger partial charge >= 0.3 is 5.97 Å². The number of anilines is 1. The van der Waals surface area contributed by atoms with E-state index in [1.54, 1.807) is 32.1 Å². The maximum absolute atomic E-state index is 13.2. The lowest BCUT2D eigenvalue weighted by atomic mass is 10.0. The molecule has 0 bridgehead atoms. The van der Waals surface area contributed by atoms with Crippen molar-refractivity contribution in [1.82, 2.24) is 0 Å². The van der Waals surface area contributed by atoms with Gasteiger partial charge in [0.25, 0.3) is 5.91 Å². The van der Waals surface area contributed by atoms with Crippen molar-refractivity contribution >= 4 is 23.6 Å². The van der Waals surface area contributed by atoms with Gasteiger partial charge < -0.3 is 9.47 Å². The van der Waals surface area contributed by atoms with E-state index in [9.17, 15) is 9.59 Å². The van der Waals surface area contributed by atoms with Gasteiger partial charge in [-0.1, -0.05) is 30.3 Å². The summed E-state index contributed by atoms with van der Waals surface area (Å²) in [6.45, 7) is 6.22. The summed E-state index contributed by atoms with van der Waals surface area (Å²) in [6, 6.07) is 16.7. The van der Waals surface area contributed by atoms with Gasteiger partial charge in [-0.3, -0.25) is 9.69 Å². The fourth-order valence-corrected chi connectivity index (χ4v) is 3.17. The molecule has 2 aromatic carbocycles. The van der Waals surface area contributed by atoms with E-state index in [1.165, 1.54) is 4.90 Å². The first-order valence-corrected chi connectivity index (χ1v) is 9.29. The second kappa shape index (κ2) is 8.57. The van der Waals surface area contributed by atoms with Crippen LogP contribution in [-0.4, -0.2) is 25.1 Å². The minimum atomic E-state index is -0.496. The zero-order chi connectivity index (χ0) is 20.1. The van der Waals surface area contributed by atoms with Crippen molar-refractivity contribution in [2.24, 2.45) is 0 Å². The highest BCUT2D eigenvalue weighted by Gasteiger charge is 2.38. The Bertz CT molecular complexity index is 927. The number of amides is 1. The number of carbonyl (C=O) groups is 2. The molecule has 144 valence electrons. The summed E-state index contributed by atoms with van der Waals surface area (Å²) in [7, 11) is 0. The third-order valence-electron chi connectivity index (χ3n) is 4.40. The first kappa shape index (κ1) is 19.4. The van der Waals surface area contributed by atoms with Crippen LogP contribution in [0.1, 0.15) is 26.3 Å². The van der Waals surface area contributed by atoms with Gasteiger partial charge in [0.1, 0.15) is 5.75 Å². The Kier molecular flexibility index (Phi) is 5.94. The molecule has 0 fully saturated rings. The molecule has 5 nitrogen and oxygen atoms in total. The van der Waals surface area contributed by atoms with Crippen molar-refractivity contribution in [2.45, 2.75) is 20.8 Å². The number of benzene rings is 2. The number of nitrogens with zero attached hydrogens (tertiary/aromatic N) is 1. The highest BCUT2D eigenvalue weighted by atomic mass is 16.5. The number of carbonyl (C=O) groups excluding carboxylic acids is 2. The SMILES string of the molecule is CCOC(=O)C1=C(C)N(c2ccc(OCC)cc2)C(=O)/C1=C\c1ccccc1. The molecule has 28 heavy (non-hydrogen) atoms. The molecule has 0 radical (unpaired) electrons. The van der Waals surface area contributed by atoms with Gasteiger partial charge in [-0.2, -0.15) is 0 Å². The molecule has 0 aromatic heterocycles. The average molecular weight is 377 g/mol. The number of hydrogen-bond donors (Lipinski definition) is 0. The van der Waals surface area contributed by atoms with Gasteiger partial charge in [0.15, 0.2) is 0 Å². The minimum Gasteiger partial charge on any atom is -0.494 e. The minimum absolute atomic E-state index is 0.242. The summed E-state index contributed by atoms with van der Waals surface area (Å²) in [4.78, 5) is 27.4. The molecule has 0 spiro atoms. The third-order valence-corrected chi connectivity index (χ3v) is 4.40. The molecule has 1 aliphatic heterocycles. The number of esters is 1. The standard InChI is InChI=1S/C23H23NO4/c1-4-27-19-13-11-18(12-14-19)24-16(3)21(23(26)28-5-2)20(22(24)25)15-17-9-7-6-8-10-17/h6-15H,4-5H2,1-3H3/b20-15-. The van der Waals surface area contributed by atoms with Crippen LogP contribution in [0, 0.1) is 0 Å². The molecule has 1 amide bonds. The number of ether oxygens (including phenoxy) is 2. The van der Waals surface area contributed by atoms with Gasteiger partial charge in [-0.25, -0.2) is 4.79 Å². The van der Waals surface area contributed by atoms with Crippen molar-refractivity contribution in [3.8, 4) is 5.75 Å². The van der Waals surface area contributed by atoms with Crippen LogP contribution >= 0.6 is 0 Å². The molecule has 0 unspecified atom stereocenters. The van der Waals surface area contributed by atoms with E-state index in [1.807, 2.05) is 49.4 Å². The smallest absolute Gasteiger partial charge is 0.340 e. The van der Waals surface area contributed by atoms with Crippen molar-refractivity contribution in [2.75, 3.05) is 18.1 Å². The monoisotopic (exact) mass is 377 g/mol. The highest BCUT2D eigenvalue weighted by Crippen LogP contribution is 2.36. The second-order valence-electron chi connectivity index (χ2n) is 6.22. The number of rotatable bonds is 6. The lowest BCUT2D eigenvalue weighted by Gasteiger charge is -2.18. The van der Waals surface area contributed by atoms with Crippen molar-refractivity contribution in [1.29, 1.82) is 0 Å². The fraction of sp³-hybridized carbons (Fsp3) is 0.217. The zero-order valence-corrected chi connectivity index (χ0v) is 16.3. The van der Waals surface area contributed by atoms with Crippen LogP contribution in [0.4, 0.5) is 5.69 Å². The average Bonchev–Trinajstić information content (AvgIpc) is 2.94. The predicted molar refractivity (Wildman–Crippen MR) is 109 cm³/mol. The zero-order valence-electron chi connectivity index (χ0n) is 16.3. The van der Waals surface area contributed by atoms with Crippen LogP contribution < -0.4 is 9.64 Å². The van der Waals surface area contributed by atoms with Gasteiger partial charge in [0.2, 0.25) is 0 Å². The first-order chi connectivity index (χ1) is 13.6. The Morgan fingerprint density at radius 1 is 1.00 bits per heavy atom. The molecule has 1 aliphatic rings. The predicted octanol–water partition coefficient (Wildman–Crippen LogP) is 4.35. The quantitative estimate of drug-likeness (QED) is 0.555. The van der Waals surface area contributed by atoms with Gasteiger partial charge in [0.05, 0.1) is 24.4 Å². The Balaban J connectivity index is 2.05. The molecule has 5 heteroatoms. The molecule has 0 atom stereocenters. The van der Waals surface area contributed by atoms with E-state index >= 15 is 0 Å². The lowest BCUT2D eigenvalue weighted by molar-refractivity contribution is -0.138. The molecule has 0 N–H and O–H groups in total. The lowest BCUT2D eigenvalue weighted by Crippen LogP contribution is -2.24. The molecular formula is C23H23NO4. The van der Waals surface area contributed by atoms with Crippen LogP contribution in [0.15, 0.2) is 71.4 Å². The van der Waals surface area contributed by atoms with Gasteiger partial charge in [-0.05, 0) is 56.7 Å². The number of hydrogen-bond acceptors (Lipinski definition) is 4. The Labute approximate surface area is 164 Å². The van der Waals surface area contributed by atoms with Crippen LogP contribution in [-0.2, 0) is 14.3 Å². The molecule has 3 rings (SSSR count). The van der Waals surface area contributed by atoms with Crippen molar-refractivity contribution in [3.05, 3.63) is 77.0 Å². The molecular weight excluding hydrogens is 354 g/mol. The Morgan fingerprint density at radius 2 is 1.68 bits per heavy atom. The van der Waals surface area contributed by atoms with Crippen LogP contribution in [0.3, 0.4) is 0 Å². The first-order valence-electron chi connectivity index (χ1n) is 9.29. The fourth-order valence-electron chi connectivity index (χ4n) is 3.17. The molecule has 1 heterocycles. The molecule has 0 saturated heterocycles. The van der Waals surface area contributed by atoms with E-state index in [0.717, 1.165) is 11.3 Å². The van der Waals surface area contributed by atoms with E-state index in [2.05, 4.69) is 0 Å². The maximum Gasteiger partial charge on any atom is 0.340 e. The third kappa shape index (κ3) is 3.83. The van der Waals surface area contributed by atoms with E-state index in [-0.39, 0.29) is 12.5 Å². The topological polar surface area (TPSA) is 55.8 Å². The largest absolute Gasteiger partial charge is 0.494 e. The normalized spacial score (nSPS) is 15.3. The maximum atomic E-state index is 13.2. The van der Waals surface area contributed by atoms with E-state index in [4.69, 9.17) is 9.47 Å². The molecule has 0 aliphatic carbocycles. The Hall–Kier alpha value is -3.34. The second-order valence-corrected chi connectivity index (χ2v) is 6.22. The molecule has 0 saturated carbocycles. The van der Waals surface area contributed by atoms with Crippen molar-refractivity contribution in [3.63, 3.8) is 0 Å². The van der Waals surface area contributed by atoms with Gasteiger partial charge in [-0.15, -0.1) is 0 Å². The summed E-state index contributed by atoms with van der Waals surface area (Å²) < 4.78 is 10.7. The molecule has 2 aromatic rings. The van der Waals surface area contributed by atoms with Crippen LogP contribution in [0.5, 0.6) is 5.75 Å². The highest BCUT2D eigenvalue weighted by molar-refractivity contribution is 6.23. The Morgan fingerprint density at radius 3 is 2.29 bits per heavy atom. The van der Waals surface area contributed by atoms with Gasteiger partial charge in [0, 0.05) is 11.4 Å². The van der Waals surface area contributed by atoms with Crippen LogP contribution in [0.25, 0.3) is 6.08 Å². The van der Waals surface area contributed by atoms with Crippen LogP contribution in [0.2, 0.25) is 0 Å². The van der Waals surface area contributed by atoms with Crippen molar-refractivity contribution < 1.29 is 19.1 Å². The summed E-state index contributed by atoms with van der Waals surface area (Å²) in [5.41, 5.74) is 2.69. The summed E-state index contributed by atoms with van der Waals surface area (Å²) in [5, 5.41) is 0. The van der Waals surface area contributed by atoms with E-state index in [0.29, 0.717) is 29.1 Å². The summed E-state index contributed by atoms with van der Waals surface area (Å²) in [6.07, 6.45) is 1.73. The summed E-state index contributed by atoms with van der Waals surface area (Å²) >= 11 is 0. The van der Waals surface area contributed by atoms with E-state index < -0.39 is 5.97 Å². The number of allylic oxidation sites excluding steroid dienone is 1.